The molecule has 9 rings (SSSR count). The number of hydrogen-bond acceptors (Lipinski definition) is 6. The van der Waals surface area contributed by atoms with Crippen LogP contribution in [-0.2, 0) is 0 Å². The predicted octanol–water partition coefficient (Wildman–Crippen LogP) is 11.8. The maximum absolute atomic E-state index is 6.06. The van der Waals surface area contributed by atoms with Gasteiger partial charge < -0.3 is 28.9 Å². The number of aromatic nitrogens is 4. The number of rotatable bonds is 10. The smallest absolute Gasteiger partial charge is 0.132 e. The van der Waals surface area contributed by atoms with Crippen molar-refractivity contribution in [3.05, 3.63) is 132 Å². The van der Waals surface area contributed by atoms with E-state index < -0.39 is 0 Å². The highest BCUT2D eigenvalue weighted by Gasteiger charge is 2.25. The number of nitrogens with one attached hydrogen (secondary N) is 2. The molecule has 8 bridgehead atoms. The SMILES string of the molecule is COc1cccc(OC)c1-c1c2nc(c(-c3ccc([N+](C)(C)C)cc3)c3ccc([nH]3)c(-c3c(OC)cccc3OC)c3nc(c(-c4ccc([N+](C)(C)C)cc4)c4ccc1[nH]4)C=C3)C=C2. The van der Waals surface area contributed by atoms with Gasteiger partial charge in [-0.15, -0.1) is 0 Å². The summed E-state index contributed by atoms with van der Waals surface area (Å²) < 4.78 is 25.6. The average Bonchev–Trinajstić information content (AvgIpc) is 4.14. The molecular weight excluding hydrogens is 797 g/mol. The van der Waals surface area contributed by atoms with Gasteiger partial charge in [0.1, 0.15) is 34.4 Å². The highest BCUT2D eigenvalue weighted by atomic mass is 16.5. The van der Waals surface area contributed by atoms with E-state index in [2.05, 4.69) is 149 Å². The third-order valence-corrected chi connectivity index (χ3v) is 12.0. The van der Waals surface area contributed by atoms with Crippen LogP contribution in [0.5, 0.6) is 23.0 Å². The molecule has 0 fully saturated rings. The molecule has 0 atom stereocenters. The molecule has 10 nitrogen and oxygen atoms in total. The lowest BCUT2D eigenvalue weighted by Gasteiger charge is -2.23. The molecule has 5 heterocycles. The molecule has 2 aliphatic rings. The minimum Gasteiger partial charge on any atom is -0.496 e. The molecule has 2 aliphatic heterocycles. The van der Waals surface area contributed by atoms with Crippen LogP contribution in [0.2, 0.25) is 0 Å². The average molecular weight is 851 g/mol. The number of nitrogens with zero attached hydrogens (tertiary/aromatic N) is 4. The van der Waals surface area contributed by atoms with Crippen LogP contribution in [-0.4, -0.2) is 90.7 Å². The van der Waals surface area contributed by atoms with E-state index in [0.717, 1.165) is 89.4 Å². The Hall–Kier alpha value is -7.40. The zero-order valence-corrected chi connectivity index (χ0v) is 38.1. The van der Waals surface area contributed by atoms with Crippen molar-refractivity contribution in [1.82, 2.24) is 28.9 Å². The number of hydrogen-bond donors (Lipinski definition) is 2. The van der Waals surface area contributed by atoms with Gasteiger partial charge in [0.15, 0.2) is 0 Å². The molecule has 0 aliphatic carbocycles. The summed E-state index contributed by atoms with van der Waals surface area (Å²) in [4.78, 5) is 18.7. The summed E-state index contributed by atoms with van der Waals surface area (Å²) in [5.41, 5.74) is 16.0. The largest absolute Gasteiger partial charge is 0.496 e. The Bertz CT molecular complexity index is 2900. The molecule has 3 aromatic heterocycles. The zero-order chi connectivity index (χ0) is 44.9. The second-order valence-electron chi connectivity index (χ2n) is 17.7. The Labute approximate surface area is 374 Å². The van der Waals surface area contributed by atoms with Gasteiger partial charge in [0.2, 0.25) is 0 Å². The summed E-state index contributed by atoms with van der Waals surface area (Å²) in [6, 6.07) is 37.6. The van der Waals surface area contributed by atoms with E-state index in [1.807, 2.05) is 36.4 Å². The van der Waals surface area contributed by atoms with Crippen molar-refractivity contribution in [2.75, 3.05) is 70.7 Å². The fourth-order valence-corrected chi connectivity index (χ4v) is 8.68. The van der Waals surface area contributed by atoms with Crippen molar-refractivity contribution < 1.29 is 18.9 Å². The van der Waals surface area contributed by atoms with Gasteiger partial charge in [0, 0.05) is 44.3 Å². The van der Waals surface area contributed by atoms with Gasteiger partial charge in [-0.25, -0.2) is 9.97 Å². The maximum Gasteiger partial charge on any atom is 0.132 e. The van der Waals surface area contributed by atoms with Gasteiger partial charge in [-0.05, 0) is 132 Å². The lowest BCUT2D eigenvalue weighted by molar-refractivity contribution is 0.397. The topological polar surface area (TPSA) is 94.3 Å². The lowest BCUT2D eigenvalue weighted by Crippen LogP contribution is -2.34. The number of H-pyrrole nitrogens is 2. The standard InChI is InChI=1S/C54H54N6O4/c1-59(2,3)35-21-17-33(18-22-35)49-37-25-29-41(55-37)51(53-45(61-7)13-11-14-46(53)62-8)43-31-27-39(57-43)50(34-19-23-36(24-20-34)60(4,5)6)40-28-32-44(58-40)52(42-30-26-38(49)56-42)54-47(63-9)15-12-16-48(54)64-10/h11-32,55,58H,1-10H3/q+2. The summed E-state index contributed by atoms with van der Waals surface area (Å²) in [5.74, 6) is 2.65. The Morgan fingerprint density at radius 1 is 0.344 bits per heavy atom. The predicted molar refractivity (Wildman–Crippen MR) is 266 cm³/mol. The Morgan fingerprint density at radius 2 is 0.625 bits per heavy atom. The lowest BCUT2D eigenvalue weighted by atomic mass is 10.0. The van der Waals surface area contributed by atoms with Crippen LogP contribution in [0.3, 0.4) is 0 Å². The van der Waals surface area contributed by atoms with Crippen molar-refractivity contribution in [2.45, 2.75) is 0 Å². The third-order valence-electron chi connectivity index (χ3n) is 12.0. The van der Waals surface area contributed by atoms with Gasteiger partial charge in [-0.3, -0.25) is 8.97 Å². The molecule has 0 amide bonds. The number of methoxy groups -OCH3 is 4. The van der Waals surface area contributed by atoms with Gasteiger partial charge in [-0.1, -0.05) is 12.1 Å². The van der Waals surface area contributed by atoms with Crippen molar-refractivity contribution in [3.63, 3.8) is 0 Å². The molecule has 0 saturated carbocycles. The van der Waals surface area contributed by atoms with Crippen molar-refractivity contribution in [1.29, 1.82) is 0 Å². The molecule has 7 aromatic rings. The molecule has 0 unspecified atom stereocenters. The molecule has 322 valence electrons. The van der Waals surface area contributed by atoms with E-state index in [9.17, 15) is 0 Å². The monoisotopic (exact) mass is 850 g/mol. The van der Waals surface area contributed by atoms with E-state index in [1.165, 1.54) is 11.4 Å². The first kappa shape index (κ1) is 41.9. The van der Waals surface area contributed by atoms with Crippen LogP contribution in [0.25, 0.3) is 90.9 Å². The summed E-state index contributed by atoms with van der Waals surface area (Å²) in [5, 5.41) is 0. The Balaban J connectivity index is 1.49. The molecule has 0 saturated heterocycles. The molecule has 64 heavy (non-hydrogen) atoms. The van der Waals surface area contributed by atoms with Crippen LogP contribution < -0.4 is 27.9 Å². The van der Waals surface area contributed by atoms with Gasteiger partial charge in [-0.2, -0.15) is 0 Å². The summed E-state index contributed by atoms with van der Waals surface area (Å²) >= 11 is 0. The molecular formula is C54H54N6O4+2. The Kier molecular flexibility index (Phi) is 10.7. The number of ether oxygens (including phenoxy) is 4. The fraction of sp³-hybridized carbons (Fsp3) is 0.185. The van der Waals surface area contributed by atoms with Crippen LogP contribution >= 0.6 is 0 Å². The summed E-state index contributed by atoms with van der Waals surface area (Å²) in [6.45, 7) is 0. The van der Waals surface area contributed by atoms with Crippen molar-refractivity contribution in [3.8, 4) is 67.5 Å². The van der Waals surface area contributed by atoms with E-state index in [0.29, 0.717) is 32.0 Å². The Morgan fingerprint density at radius 3 is 0.906 bits per heavy atom. The van der Waals surface area contributed by atoms with E-state index >= 15 is 0 Å². The number of fused-ring (bicyclic) bond motifs is 8. The molecule has 0 spiro atoms. The summed E-state index contributed by atoms with van der Waals surface area (Å²) in [6.07, 6.45) is 8.34. The molecule has 4 aromatic carbocycles. The summed E-state index contributed by atoms with van der Waals surface area (Å²) in [7, 11) is 19.7. The van der Waals surface area contributed by atoms with Crippen LogP contribution in [0.1, 0.15) is 22.8 Å². The van der Waals surface area contributed by atoms with E-state index in [4.69, 9.17) is 28.9 Å². The maximum atomic E-state index is 6.06. The first-order chi connectivity index (χ1) is 30.8. The molecule has 10 heteroatoms. The van der Waals surface area contributed by atoms with Gasteiger partial charge >= 0.3 is 0 Å². The first-order valence-electron chi connectivity index (χ1n) is 21.2. The van der Waals surface area contributed by atoms with Crippen LogP contribution in [0, 0.1) is 0 Å². The minimum absolute atomic E-state index is 0.663. The molecule has 2 N–H and O–H groups in total. The van der Waals surface area contributed by atoms with Crippen LogP contribution in [0.4, 0.5) is 11.4 Å². The first-order valence-corrected chi connectivity index (χ1v) is 21.2. The quantitative estimate of drug-likeness (QED) is 0.133. The molecule has 0 radical (unpaired) electrons. The number of benzene rings is 4. The highest BCUT2D eigenvalue weighted by Crippen LogP contribution is 2.46. The van der Waals surface area contributed by atoms with E-state index in [-0.39, 0.29) is 0 Å². The normalized spacial score (nSPS) is 12.4. The van der Waals surface area contributed by atoms with Gasteiger partial charge in [0.25, 0.3) is 0 Å². The minimum atomic E-state index is 0.663. The number of aromatic amines is 2. The second kappa shape index (κ2) is 16.4. The van der Waals surface area contributed by atoms with Crippen molar-refractivity contribution >= 4 is 57.7 Å². The third kappa shape index (κ3) is 7.50. The van der Waals surface area contributed by atoms with Gasteiger partial charge in [0.05, 0.1) is 105 Å². The van der Waals surface area contributed by atoms with Crippen LogP contribution in [0.15, 0.2) is 109 Å². The zero-order valence-electron chi connectivity index (χ0n) is 38.1. The number of quaternary nitrogens is 2. The second-order valence-corrected chi connectivity index (χ2v) is 17.7. The van der Waals surface area contributed by atoms with Crippen molar-refractivity contribution in [2.24, 2.45) is 0 Å². The fourth-order valence-electron chi connectivity index (χ4n) is 8.68. The van der Waals surface area contributed by atoms with E-state index in [1.54, 1.807) is 28.4 Å². The highest BCUT2D eigenvalue weighted by molar-refractivity contribution is 6.02.